The van der Waals surface area contributed by atoms with Crippen LogP contribution in [0, 0.1) is 11.8 Å². The smallest absolute Gasteiger partial charge is 0.275 e. The van der Waals surface area contributed by atoms with Crippen molar-refractivity contribution in [3.63, 3.8) is 0 Å². The Morgan fingerprint density at radius 2 is 1.61 bits per heavy atom. The summed E-state index contributed by atoms with van der Waals surface area (Å²) in [6, 6.07) is 13.4. The van der Waals surface area contributed by atoms with E-state index in [-0.39, 0.29) is 30.2 Å². The predicted molar refractivity (Wildman–Crippen MR) is 177 cm³/mol. The molecular weight excluding hydrogens is 582 g/mol. The van der Waals surface area contributed by atoms with Gasteiger partial charge in [0.05, 0.1) is 11.6 Å². The average Bonchev–Trinajstić information content (AvgIpc) is 3.04. The Hall–Kier alpha value is -4.25. The first-order chi connectivity index (χ1) is 22.3. The molecule has 4 heterocycles. The molecule has 3 amide bonds. The second kappa shape index (κ2) is 12.9. The summed E-state index contributed by atoms with van der Waals surface area (Å²) < 4.78 is 1.21. The van der Waals surface area contributed by atoms with Crippen LogP contribution in [0.3, 0.4) is 0 Å². The fourth-order valence-corrected chi connectivity index (χ4v) is 7.43. The van der Waals surface area contributed by atoms with Crippen molar-refractivity contribution in [3.8, 4) is 0 Å². The number of piperidine rings is 1. The number of amides is 3. The van der Waals surface area contributed by atoms with Gasteiger partial charge in [0.1, 0.15) is 6.04 Å². The highest BCUT2D eigenvalue weighted by Gasteiger charge is 2.31. The Morgan fingerprint density at radius 3 is 2.33 bits per heavy atom. The number of anilines is 2. The number of hydrogen-bond acceptors (Lipinski definition) is 8. The maximum Gasteiger partial charge on any atom is 0.275 e. The molecule has 11 heteroatoms. The molecule has 1 aliphatic carbocycles. The predicted octanol–water partition coefficient (Wildman–Crippen LogP) is 2.94. The van der Waals surface area contributed by atoms with E-state index >= 15 is 0 Å². The molecule has 0 radical (unpaired) electrons. The lowest BCUT2D eigenvalue weighted by Gasteiger charge is -2.45. The van der Waals surface area contributed by atoms with Gasteiger partial charge in [0.25, 0.3) is 17.4 Å². The van der Waals surface area contributed by atoms with Crippen LogP contribution in [0.5, 0.6) is 0 Å². The first-order valence-corrected chi connectivity index (χ1v) is 16.8. The summed E-state index contributed by atoms with van der Waals surface area (Å²) in [6.07, 6.45) is 6.66. The molecule has 11 nitrogen and oxygen atoms in total. The number of carbonyl (C=O) groups excluding carboxylic acids is 3. The number of fused-ring (bicyclic) bond motifs is 1. The minimum Gasteiger partial charge on any atom is -0.371 e. The average molecular weight is 626 g/mol. The van der Waals surface area contributed by atoms with Gasteiger partial charge in [-0.25, -0.2) is 4.68 Å². The molecule has 0 unspecified atom stereocenters. The zero-order valence-corrected chi connectivity index (χ0v) is 26.5. The quantitative estimate of drug-likeness (QED) is 0.385. The molecule has 1 saturated carbocycles. The van der Waals surface area contributed by atoms with Gasteiger partial charge in [-0.2, -0.15) is 5.10 Å². The number of piperazine rings is 1. The van der Waals surface area contributed by atoms with Crippen LogP contribution in [0.15, 0.2) is 53.5 Å². The highest BCUT2D eigenvalue weighted by molar-refractivity contribution is 5.99. The summed E-state index contributed by atoms with van der Waals surface area (Å²) in [6.45, 7) is 9.20. The van der Waals surface area contributed by atoms with Gasteiger partial charge >= 0.3 is 0 Å². The summed E-state index contributed by atoms with van der Waals surface area (Å²) in [5.41, 5.74) is 2.67. The van der Waals surface area contributed by atoms with Gasteiger partial charge in [0, 0.05) is 86.5 Å². The summed E-state index contributed by atoms with van der Waals surface area (Å²) in [5.74, 6) is 0.643. The first kappa shape index (κ1) is 30.4. The Morgan fingerprint density at radius 1 is 0.891 bits per heavy atom. The van der Waals surface area contributed by atoms with Crippen LogP contribution in [-0.2, 0) is 9.59 Å². The van der Waals surface area contributed by atoms with Gasteiger partial charge in [0.15, 0.2) is 0 Å². The monoisotopic (exact) mass is 625 g/mol. The lowest BCUT2D eigenvalue weighted by atomic mass is 9.87. The Balaban J connectivity index is 0.875. The molecule has 242 valence electrons. The molecular formula is C35H43N7O4. The molecule has 2 aromatic carbocycles. The zero-order chi connectivity index (χ0) is 31.8. The van der Waals surface area contributed by atoms with Crippen molar-refractivity contribution in [2.75, 3.05) is 55.6 Å². The molecule has 7 rings (SSSR count). The van der Waals surface area contributed by atoms with E-state index in [1.807, 2.05) is 30.3 Å². The molecule has 1 atom stereocenters. The van der Waals surface area contributed by atoms with Crippen molar-refractivity contribution in [1.29, 1.82) is 0 Å². The fraction of sp³-hybridized carbons (Fsp3) is 0.514. The molecule has 0 bridgehead atoms. The van der Waals surface area contributed by atoms with E-state index < -0.39 is 11.9 Å². The van der Waals surface area contributed by atoms with Crippen molar-refractivity contribution >= 4 is 39.9 Å². The lowest BCUT2D eigenvalue weighted by molar-refractivity contribution is -0.136. The Labute approximate surface area is 268 Å². The molecule has 4 aliphatic rings. The molecule has 46 heavy (non-hydrogen) atoms. The number of imide groups is 1. The topological polar surface area (TPSA) is 120 Å². The summed E-state index contributed by atoms with van der Waals surface area (Å²) in [7, 11) is 0. The van der Waals surface area contributed by atoms with Crippen molar-refractivity contribution < 1.29 is 14.4 Å². The number of nitrogens with one attached hydrogen (secondary N) is 2. The molecule has 1 aromatic heterocycles. The van der Waals surface area contributed by atoms with E-state index in [1.165, 1.54) is 23.2 Å². The van der Waals surface area contributed by atoms with Gasteiger partial charge in [0.2, 0.25) is 5.91 Å². The minimum absolute atomic E-state index is 0.0418. The number of carbonyl (C=O) groups is 3. The normalized spacial score (nSPS) is 24.5. The third-order valence-corrected chi connectivity index (χ3v) is 10.4. The Kier molecular flexibility index (Phi) is 8.50. The number of nitrogens with zero attached hydrogens (tertiary/aromatic N) is 5. The molecule has 2 N–H and O–H groups in total. The molecule has 3 saturated heterocycles. The van der Waals surface area contributed by atoms with E-state index in [2.05, 4.69) is 49.5 Å². The van der Waals surface area contributed by atoms with Crippen LogP contribution in [0.4, 0.5) is 11.4 Å². The summed E-state index contributed by atoms with van der Waals surface area (Å²) >= 11 is 0. The molecule has 3 aromatic rings. The van der Waals surface area contributed by atoms with Gasteiger partial charge in [-0.3, -0.25) is 29.4 Å². The maximum atomic E-state index is 13.1. The minimum atomic E-state index is -0.765. The summed E-state index contributed by atoms with van der Waals surface area (Å²) in [4.78, 5) is 57.0. The first-order valence-electron chi connectivity index (χ1n) is 16.8. The highest BCUT2D eigenvalue weighted by Crippen LogP contribution is 2.28. The standard InChI is InChI=1S/C35H43N7O4/c1-23-2-6-27(7-3-23)37-33(44)25-4-8-28(9-5-25)41-21-24(22-41)20-39-14-16-40(17-15-39)29-10-11-30-26(18-29)19-36-42(35(30)46)31-12-13-32(43)38-34(31)45/h4-5,8-11,18-19,23-24,27,31H,2-3,6-7,12-17,20-22H2,1H3,(H,37,44)(H,38,43,45)/t23?,27?,31-/m0/s1. The van der Waals surface area contributed by atoms with E-state index in [0.29, 0.717) is 17.3 Å². The van der Waals surface area contributed by atoms with Gasteiger partial charge in [-0.05, 0) is 80.5 Å². The largest absolute Gasteiger partial charge is 0.371 e. The van der Waals surface area contributed by atoms with Gasteiger partial charge < -0.3 is 15.1 Å². The molecule has 3 aliphatic heterocycles. The Bertz CT molecular complexity index is 1670. The van der Waals surface area contributed by atoms with Crippen molar-refractivity contribution in [1.82, 2.24) is 25.3 Å². The number of rotatable bonds is 7. The SMILES string of the molecule is CC1CCC(NC(=O)c2ccc(N3CC(CN4CCN(c5ccc6c(=O)n([C@H]7CCC(=O)NC7=O)ncc6c5)CC4)C3)cc2)CC1. The molecule has 0 spiro atoms. The zero-order valence-electron chi connectivity index (χ0n) is 26.5. The van der Waals surface area contributed by atoms with Crippen LogP contribution in [0.25, 0.3) is 10.8 Å². The third-order valence-electron chi connectivity index (χ3n) is 10.4. The van der Waals surface area contributed by atoms with Crippen LogP contribution in [-0.4, -0.2) is 84.3 Å². The van der Waals surface area contributed by atoms with Crippen molar-refractivity contribution in [2.45, 2.75) is 57.5 Å². The number of hydrogen-bond donors (Lipinski definition) is 2. The number of aromatic nitrogens is 2. The van der Waals surface area contributed by atoms with E-state index in [4.69, 9.17) is 0 Å². The highest BCUT2D eigenvalue weighted by atomic mass is 16.2. The van der Waals surface area contributed by atoms with Gasteiger partial charge in [-0.15, -0.1) is 0 Å². The van der Waals surface area contributed by atoms with Crippen molar-refractivity contribution in [2.24, 2.45) is 11.8 Å². The summed E-state index contributed by atoms with van der Waals surface area (Å²) in [5, 5.41) is 11.1. The fourth-order valence-electron chi connectivity index (χ4n) is 7.43. The maximum absolute atomic E-state index is 13.1. The van der Waals surface area contributed by atoms with Crippen LogP contribution in [0.2, 0.25) is 0 Å². The second-order valence-corrected chi connectivity index (χ2v) is 13.7. The third kappa shape index (κ3) is 6.38. The van der Waals surface area contributed by atoms with Crippen LogP contribution >= 0.6 is 0 Å². The van der Waals surface area contributed by atoms with Crippen LogP contribution < -0.4 is 26.0 Å². The van der Waals surface area contributed by atoms with E-state index in [9.17, 15) is 19.2 Å². The number of benzene rings is 2. The van der Waals surface area contributed by atoms with E-state index in [1.54, 1.807) is 6.20 Å². The van der Waals surface area contributed by atoms with Crippen LogP contribution in [0.1, 0.15) is 61.8 Å². The molecule has 4 fully saturated rings. The lowest BCUT2D eigenvalue weighted by Crippen LogP contribution is -2.55. The second-order valence-electron chi connectivity index (χ2n) is 13.7. The van der Waals surface area contributed by atoms with Gasteiger partial charge in [-0.1, -0.05) is 6.92 Å². The van der Waals surface area contributed by atoms with E-state index in [0.717, 1.165) is 81.2 Å². The van der Waals surface area contributed by atoms with Crippen molar-refractivity contribution in [3.05, 3.63) is 64.6 Å².